The van der Waals surface area contributed by atoms with Crippen LogP contribution in [0.15, 0.2) is 48.5 Å². The molecule has 0 unspecified atom stereocenters. The van der Waals surface area contributed by atoms with Gasteiger partial charge in [-0.05, 0) is 69.9 Å². The van der Waals surface area contributed by atoms with Crippen molar-refractivity contribution in [3.63, 3.8) is 0 Å². The fourth-order valence-electron chi connectivity index (χ4n) is 3.59. The second-order valence-electron chi connectivity index (χ2n) is 7.70. The molecular weight excluding hydrogens is 371 g/mol. The summed E-state index contributed by atoms with van der Waals surface area (Å²) in [5, 5.41) is 5.74. The van der Waals surface area contributed by atoms with Gasteiger partial charge >= 0.3 is 0 Å². The van der Waals surface area contributed by atoms with Gasteiger partial charge in [-0.2, -0.15) is 0 Å². The normalized spacial score (nSPS) is 18.9. The van der Waals surface area contributed by atoms with Crippen LogP contribution in [0.3, 0.4) is 0 Å². The number of benzene rings is 2. The molecule has 1 aliphatic rings. The van der Waals surface area contributed by atoms with Crippen LogP contribution in [0.2, 0.25) is 0 Å². The second kappa shape index (κ2) is 9.54. The molecule has 0 saturated heterocycles. The van der Waals surface area contributed by atoms with Crippen LogP contribution < -0.4 is 15.4 Å². The molecule has 0 atom stereocenters. The fraction of sp³-hybridized carbons (Fsp3) is 0.391. The quantitative estimate of drug-likeness (QED) is 0.720. The predicted molar refractivity (Wildman–Crippen MR) is 111 cm³/mol. The molecule has 0 heterocycles. The third kappa shape index (κ3) is 5.79. The maximum Gasteiger partial charge on any atom is 0.227 e. The molecule has 0 aliphatic heterocycles. The molecule has 2 aromatic rings. The van der Waals surface area contributed by atoms with Gasteiger partial charge in [-0.3, -0.25) is 9.59 Å². The monoisotopic (exact) mass is 398 g/mol. The summed E-state index contributed by atoms with van der Waals surface area (Å²) in [7, 11) is 0. The summed E-state index contributed by atoms with van der Waals surface area (Å²) in [4.78, 5) is 25.1. The van der Waals surface area contributed by atoms with Crippen molar-refractivity contribution in [2.75, 3.05) is 10.6 Å². The second-order valence-corrected chi connectivity index (χ2v) is 7.70. The number of halogens is 1. The number of nitrogens with one attached hydrogen (secondary N) is 2. The van der Waals surface area contributed by atoms with Gasteiger partial charge in [0.15, 0.2) is 0 Å². The zero-order chi connectivity index (χ0) is 20.8. The Balaban J connectivity index is 1.53. The molecule has 5 nitrogen and oxygen atoms in total. The molecule has 2 aromatic carbocycles. The number of anilines is 2. The van der Waals surface area contributed by atoms with E-state index in [0.29, 0.717) is 42.8 Å². The number of amides is 2. The molecule has 1 saturated carbocycles. The summed E-state index contributed by atoms with van der Waals surface area (Å²) < 4.78 is 19.0. The van der Waals surface area contributed by atoms with Crippen molar-refractivity contribution in [1.29, 1.82) is 0 Å². The van der Waals surface area contributed by atoms with Gasteiger partial charge in [-0.1, -0.05) is 18.2 Å². The number of carbonyl (C=O) groups is 2. The fourth-order valence-corrected chi connectivity index (χ4v) is 3.59. The highest BCUT2D eigenvalue weighted by Crippen LogP contribution is 2.32. The number of hydrogen-bond acceptors (Lipinski definition) is 3. The average molecular weight is 398 g/mol. The van der Waals surface area contributed by atoms with Gasteiger partial charge in [0, 0.05) is 17.5 Å². The Morgan fingerprint density at radius 1 is 0.931 bits per heavy atom. The van der Waals surface area contributed by atoms with Gasteiger partial charge in [0.2, 0.25) is 11.8 Å². The van der Waals surface area contributed by atoms with Crippen molar-refractivity contribution >= 4 is 23.2 Å². The van der Waals surface area contributed by atoms with Crippen LogP contribution in [-0.2, 0) is 9.59 Å². The highest BCUT2D eigenvalue weighted by molar-refractivity contribution is 5.95. The van der Waals surface area contributed by atoms with E-state index in [4.69, 9.17) is 4.74 Å². The first kappa shape index (κ1) is 20.8. The average Bonchev–Trinajstić information content (AvgIpc) is 2.69. The molecule has 2 N–H and O–H groups in total. The Morgan fingerprint density at radius 3 is 2.17 bits per heavy atom. The van der Waals surface area contributed by atoms with E-state index in [1.54, 1.807) is 12.1 Å². The number of hydrogen-bond donors (Lipinski definition) is 2. The van der Waals surface area contributed by atoms with E-state index in [9.17, 15) is 14.0 Å². The van der Waals surface area contributed by atoms with E-state index >= 15 is 0 Å². The van der Waals surface area contributed by atoms with Gasteiger partial charge in [-0.25, -0.2) is 4.39 Å². The van der Waals surface area contributed by atoms with Crippen molar-refractivity contribution in [1.82, 2.24) is 0 Å². The molecule has 154 valence electrons. The molecule has 3 rings (SSSR count). The molecule has 0 bridgehead atoms. The van der Waals surface area contributed by atoms with Crippen molar-refractivity contribution < 1.29 is 18.7 Å². The molecule has 1 fully saturated rings. The van der Waals surface area contributed by atoms with Crippen LogP contribution in [0.5, 0.6) is 5.75 Å². The number of para-hydroxylation sites is 2. The Morgan fingerprint density at radius 2 is 1.55 bits per heavy atom. The molecule has 0 spiro atoms. The van der Waals surface area contributed by atoms with Crippen LogP contribution in [0.4, 0.5) is 15.8 Å². The Hall–Kier alpha value is -2.89. The summed E-state index contributed by atoms with van der Waals surface area (Å²) >= 11 is 0. The third-order valence-electron chi connectivity index (χ3n) is 5.07. The maximum atomic E-state index is 13.3. The minimum Gasteiger partial charge on any atom is -0.489 e. The van der Waals surface area contributed by atoms with Crippen molar-refractivity contribution in [2.45, 2.75) is 45.6 Å². The summed E-state index contributed by atoms with van der Waals surface area (Å²) in [5.74, 6) is -0.206. The lowest BCUT2D eigenvalue weighted by Gasteiger charge is -2.27. The molecule has 29 heavy (non-hydrogen) atoms. The zero-order valence-corrected chi connectivity index (χ0v) is 16.8. The first-order valence-electron chi connectivity index (χ1n) is 10.1. The van der Waals surface area contributed by atoms with Crippen molar-refractivity contribution in [3.05, 3.63) is 54.3 Å². The summed E-state index contributed by atoms with van der Waals surface area (Å²) in [6, 6.07) is 13.3. The van der Waals surface area contributed by atoms with E-state index in [1.807, 2.05) is 38.1 Å². The molecule has 1 aliphatic carbocycles. The summed E-state index contributed by atoms with van der Waals surface area (Å²) in [6.45, 7) is 3.88. The molecular formula is C23H27FN2O3. The van der Waals surface area contributed by atoms with E-state index in [2.05, 4.69) is 10.6 Å². The maximum absolute atomic E-state index is 13.3. The number of rotatable bonds is 6. The van der Waals surface area contributed by atoms with Crippen LogP contribution in [0.1, 0.15) is 39.5 Å². The van der Waals surface area contributed by atoms with Gasteiger partial charge < -0.3 is 15.4 Å². The standard InChI is InChI=1S/C23H27FN2O3/c1-15(2)29-21-9-4-3-8-20(21)26-23(28)17-12-10-16(11-13-17)22(27)25-19-7-5-6-18(24)14-19/h3-9,14-17H,10-13H2,1-2H3,(H,25,27)(H,26,28). The smallest absolute Gasteiger partial charge is 0.227 e. The minimum atomic E-state index is -0.384. The summed E-state index contributed by atoms with van der Waals surface area (Å²) in [6.07, 6.45) is 2.55. The summed E-state index contributed by atoms with van der Waals surface area (Å²) in [5.41, 5.74) is 1.12. The highest BCUT2D eigenvalue weighted by atomic mass is 19.1. The minimum absolute atomic E-state index is 0.0140. The van der Waals surface area contributed by atoms with Gasteiger partial charge in [-0.15, -0.1) is 0 Å². The van der Waals surface area contributed by atoms with E-state index < -0.39 is 0 Å². The molecule has 0 aromatic heterocycles. The van der Waals surface area contributed by atoms with Crippen LogP contribution in [0, 0.1) is 17.7 Å². The zero-order valence-electron chi connectivity index (χ0n) is 16.8. The third-order valence-corrected chi connectivity index (χ3v) is 5.07. The lowest BCUT2D eigenvalue weighted by Crippen LogP contribution is -2.32. The number of carbonyl (C=O) groups excluding carboxylic acids is 2. The van der Waals surface area contributed by atoms with Gasteiger partial charge in [0.05, 0.1) is 11.8 Å². The number of ether oxygens (including phenoxy) is 1. The molecule has 6 heteroatoms. The predicted octanol–water partition coefficient (Wildman–Crippen LogP) is 5.00. The first-order valence-corrected chi connectivity index (χ1v) is 10.1. The van der Waals surface area contributed by atoms with E-state index in [0.717, 1.165) is 0 Å². The van der Waals surface area contributed by atoms with Crippen molar-refractivity contribution in [2.24, 2.45) is 11.8 Å². The van der Waals surface area contributed by atoms with Crippen LogP contribution in [0.25, 0.3) is 0 Å². The molecule has 2 amide bonds. The largest absolute Gasteiger partial charge is 0.489 e. The highest BCUT2D eigenvalue weighted by Gasteiger charge is 2.30. The van der Waals surface area contributed by atoms with Crippen LogP contribution >= 0.6 is 0 Å². The lowest BCUT2D eigenvalue weighted by atomic mass is 9.81. The van der Waals surface area contributed by atoms with E-state index in [1.165, 1.54) is 12.1 Å². The Labute approximate surface area is 170 Å². The van der Waals surface area contributed by atoms with Crippen LogP contribution in [-0.4, -0.2) is 17.9 Å². The SMILES string of the molecule is CC(C)Oc1ccccc1NC(=O)C1CCC(C(=O)Nc2cccc(F)c2)CC1. The first-order chi connectivity index (χ1) is 13.9. The lowest BCUT2D eigenvalue weighted by molar-refractivity contribution is -0.125. The Kier molecular flexibility index (Phi) is 6.86. The van der Waals surface area contributed by atoms with E-state index in [-0.39, 0.29) is 35.6 Å². The molecule has 0 radical (unpaired) electrons. The van der Waals surface area contributed by atoms with Gasteiger partial charge in [0.25, 0.3) is 0 Å². The van der Waals surface area contributed by atoms with Crippen molar-refractivity contribution in [3.8, 4) is 5.75 Å². The van der Waals surface area contributed by atoms with Gasteiger partial charge in [0.1, 0.15) is 11.6 Å². The Bertz CT molecular complexity index is 861. The topological polar surface area (TPSA) is 67.4 Å².